The first-order valence-corrected chi connectivity index (χ1v) is 5.96. The van der Waals surface area contributed by atoms with Crippen LogP contribution in [0.5, 0.6) is 0 Å². The Labute approximate surface area is 105 Å². The second-order valence-electron chi connectivity index (χ2n) is 4.40. The number of rotatable bonds is 1. The Kier molecular flexibility index (Phi) is 2.55. The summed E-state index contributed by atoms with van der Waals surface area (Å²) in [4.78, 5) is 14.1. The molecule has 0 N–H and O–H groups in total. The van der Waals surface area contributed by atoms with E-state index in [1.807, 2.05) is 31.2 Å². The third-order valence-electron chi connectivity index (χ3n) is 3.15. The molecule has 0 unspecified atom stereocenters. The monoisotopic (exact) mass is 239 g/mol. The van der Waals surface area contributed by atoms with Crippen molar-refractivity contribution in [2.24, 2.45) is 0 Å². The van der Waals surface area contributed by atoms with Gasteiger partial charge in [0.15, 0.2) is 5.69 Å². The summed E-state index contributed by atoms with van der Waals surface area (Å²) in [5.41, 5.74) is 3.42. The van der Waals surface area contributed by atoms with Crippen molar-refractivity contribution < 1.29 is 4.79 Å². The molecule has 2 aromatic rings. The maximum absolute atomic E-state index is 12.3. The van der Waals surface area contributed by atoms with Crippen molar-refractivity contribution in [3.63, 3.8) is 0 Å². The van der Waals surface area contributed by atoms with Gasteiger partial charge in [-0.3, -0.25) is 4.79 Å². The van der Waals surface area contributed by atoms with Crippen molar-refractivity contribution >= 4 is 11.6 Å². The molecule has 1 aromatic heterocycles. The summed E-state index contributed by atoms with van der Waals surface area (Å²) in [5, 5.41) is 7.88. The van der Waals surface area contributed by atoms with Gasteiger partial charge < -0.3 is 4.90 Å². The van der Waals surface area contributed by atoms with Crippen molar-refractivity contribution in [1.29, 1.82) is 0 Å². The molecule has 4 heteroatoms. The smallest absolute Gasteiger partial charge is 0.278 e. The molecule has 1 aliphatic rings. The molecule has 0 spiro atoms. The molecule has 0 atom stereocenters. The minimum absolute atomic E-state index is 0.0764. The number of aryl methyl sites for hydroxylation is 1. The van der Waals surface area contributed by atoms with Crippen LogP contribution in [0.3, 0.4) is 0 Å². The molecular weight excluding hydrogens is 226 g/mol. The van der Waals surface area contributed by atoms with E-state index < -0.39 is 0 Å². The number of amides is 1. The van der Waals surface area contributed by atoms with Gasteiger partial charge in [0.25, 0.3) is 5.91 Å². The van der Waals surface area contributed by atoms with Crippen LogP contribution in [0.2, 0.25) is 0 Å². The van der Waals surface area contributed by atoms with Crippen molar-refractivity contribution in [1.82, 2.24) is 10.2 Å². The van der Waals surface area contributed by atoms with Gasteiger partial charge in [-0.1, -0.05) is 18.2 Å². The van der Waals surface area contributed by atoms with Crippen LogP contribution in [0, 0.1) is 6.92 Å². The van der Waals surface area contributed by atoms with Crippen LogP contribution >= 0.6 is 0 Å². The Morgan fingerprint density at radius 1 is 1.17 bits per heavy atom. The number of carbonyl (C=O) groups excluding carboxylic acids is 1. The molecule has 1 amide bonds. The third-order valence-corrected chi connectivity index (χ3v) is 3.15. The number of aromatic nitrogens is 2. The highest BCUT2D eigenvalue weighted by atomic mass is 16.2. The second kappa shape index (κ2) is 4.22. The Bertz CT molecular complexity index is 592. The highest BCUT2D eigenvalue weighted by Gasteiger charge is 2.25. The fourth-order valence-corrected chi connectivity index (χ4v) is 2.20. The van der Waals surface area contributed by atoms with E-state index in [1.54, 1.807) is 11.0 Å². The molecule has 0 radical (unpaired) electrons. The first-order chi connectivity index (χ1) is 8.75. The summed E-state index contributed by atoms with van der Waals surface area (Å²) in [6.45, 7) is 2.57. The number of hydrogen-bond donors (Lipinski definition) is 0. The van der Waals surface area contributed by atoms with E-state index in [4.69, 9.17) is 0 Å². The van der Waals surface area contributed by atoms with Crippen molar-refractivity contribution in [3.05, 3.63) is 53.3 Å². The van der Waals surface area contributed by atoms with Crippen molar-refractivity contribution in [3.8, 4) is 0 Å². The van der Waals surface area contributed by atoms with Crippen molar-refractivity contribution in [2.75, 3.05) is 11.4 Å². The number of carbonyl (C=O) groups is 1. The number of para-hydroxylation sites is 1. The van der Waals surface area contributed by atoms with Gasteiger partial charge in [-0.15, -0.1) is 5.10 Å². The standard InChI is InChI=1S/C14H13N3O/c1-10-6-7-12(16-15-10)14(18)17-9-8-11-4-2-3-5-13(11)17/h2-7H,8-9H2,1H3. The summed E-state index contributed by atoms with van der Waals surface area (Å²) in [5.74, 6) is -0.0764. The van der Waals surface area contributed by atoms with Crippen LogP contribution in [-0.2, 0) is 6.42 Å². The lowest BCUT2D eigenvalue weighted by Gasteiger charge is -2.16. The lowest BCUT2D eigenvalue weighted by molar-refractivity contribution is 0.0983. The summed E-state index contributed by atoms with van der Waals surface area (Å²) in [6.07, 6.45) is 0.904. The van der Waals surface area contributed by atoms with E-state index in [0.717, 1.165) is 17.8 Å². The topological polar surface area (TPSA) is 46.1 Å². The molecule has 0 saturated carbocycles. The molecular formula is C14H13N3O. The molecule has 1 aliphatic heterocycles. The van der Waals surface area contributed by atoms with Gasteiger partial charge in [0.1, 0.15) is 0 Å². The second-order valence-corrected chi connectivity index (χ2v) is 4.40. The Hall–Kier alpha value is -2.23. The Morgan fingerprint density at radius 2 is 2.00 bits per heavy atom. The zero-order valence-electron chi connectivity index (χ0n) is 10.1. The third kappa shape index (κ3) is 1.76. The number of fused-ring (bicyclic) bond motifs is 1. The summed E-state index contributed by atoms with van der Waals surface area (Å²) in [6, 6.07) is 11.5. The van der Waals surface area contributed by atoms with Gasteiger partial charge in [-0.2, -0.15) is 5.10 Å². The predicted molar refractivity (Wildman–Crippen MR) is 68.6 cm³/mol. The minimum Gasteiger partial charge on any atom is -0.306 e. The average molecular weight is 239 g/mol. The molecule has 0 saturated heterocycles. The van der Waals surface area contributed by atoms with Gasteiger partial charge in [-0.25, -0.2) is 0 Å². The van der Waals surface area contributed by atoms with Gasteiger partial charge in [-0.05, 0) is 37.1 Å². The lowest BCUT2D eigenvalue weighted by Crippen LogP contribution is -2.29. The number of anilines is 1. The first-order valence-electron chi connectivity index (χ1n) is 5.96. The zero-order chi connectivity index (χ0) is 12.5. The molecule has 18 heavy (non-hydrogen) atoms. The number of nitrogens with zero attached hydrogens (tertiary/aromatic N) is 3. The zero-order valence-corrected chi connectivity index (χ0v) is 10.1. The normalized spacial score (nSPS) is 13.5. The van der Waals surface area contributed by atoms with E-state index in [-0.39, 0.29) is 5.91 Å². The van der Waals surface area contributed by atoms with Crippen molar-refractivity contribution in [2.45, 2.75) is 13.3 Å². The van der Waals surface area contributed by atoms with Crippen LogP contribution in [-0.4, -0.2) is 22.6 Å². The van der Waals surface area contributed by atoms with Gasteiger partial charge >= 0.3 is 0 Å². The average Bonchev–Trinajstić information content (AvgIpc) is 2.82. The fourth-order valence-electron chi connectivity index (χ4n) is 2.20. The lowest BCUT2D eigenvalue weighted by atomic mass is 10.2. The molecule has 2 heterocycles. The SMILES string of the molecule is Cc1ccc(C(=O)N2CCc3ccccc32)nn1. The minimum atomic E-state index is -0.0764. The van der Waals surface area contributed by atoms with E-state index in [9.17, 15) is 4.79 Å². The molecule has 90 valence electrons. The van der Waals surface area contributed by atoms with Gasteiger partial charge in [0.2, 0.25) is 0 Å². The van der Waals surface area contributed by atoms with E-state index in [0.29, 0.717) is 12.2 Å². The molecule has 4 nitrogen and oxygen atoms in total. The fraction of sp³-hybridized carbons (Fsp3) is 0.214. The maximum atomic E-state index is 12.3. The van der Waals surface area contributed by atoms with Crippen LogP contribution in [0.1, 0.15) is 21.7 Å². The summed E-state index contributed by atoms with van der Waals surface area (Å²) < 4.78 is 0. The van der Waals surface area contributed by atoms with Crippen LogP contribution in [0.15, 0.2) is 36.4 Å². The van der Waals surface area contributed by atoms with Gasteiger partial charge in [0.05, 0.1) is 5.69 Å². The quantitative estimate of drug-likeness (QED) is 0.764. The summed E-state index contributed by atoms with van der Waals surface area (Å²) in [7, 11) is 0. The Balaban J connectivity index is 1.93. The number of hydrogen-bond acceptors (Lipinski definition) is 3. The molecule has 0 fully saturated rings. The number of benzene rings is 1. The van der Waals surface area contributed by atoms with Crippen LogP contribution in [0.25, 0.3) is 0 Å². The van der Waals surface area contributed by atoms with E-state index in [1.165, 1.54) is 5.56 Å². The highest BCUT2D eigenvalue weighted by molar-refractivity contribution is 6.05. The predicted octanol–water partition coefficient (Wildman–Crippen LogP) is 1.99. The van der Waals surface area contributed by atoms with Crippen LogP contribution in [0.4, 0.5) is 5.69 Å². The molecule has 1 aromatic carbocycles. The molecule has 0 aliphatic carbocycles. The Morgan fingerprint density at radius 3 is 2.78 bits per heavy atom. The van der Waals surface area contributed by atoms with Crippen LogP contribution < -0.4 is 4.90 Å². The molecule has 0 bridgehead atoms. The van der Waals surface area contributed by atoms with Gasteiger partial charge in [0, 0.05) is 12.2 Å². The van der Waals surface area contributed by atoms with E-state index in [2.05, 4.69) is 16.3 Å². The maximum Gasteiger partial charge on any atom is 0.278 e. The molecule has 3 rings (SSSR count). The first kappa shape index (κ1) is 10.9. The summed E-state index contributed by atoms with van der Waals surface area (Å²) >= 11 is 0. The van der Waals surface area contributed by atoms with E-state index >= 15 is 0 Å². The largest absolute Gasteiger partial charge is 0.306 e. The highest BCUT2D eigenvalue weighted by Crippen LogP contribution is 2.28.